The summed E-state index contributed by atoms with van der Waals surface area (Å²) < 4.78 is 24.8. The Kier molecular flexibility index (Phi) is 2.98. The van der Waals surface area contributed by atoms with Crippen molar-refractivity contribution in [1.29, 1.82) is 0 Å². The fourth-order valence-electron chi connectivity index (χ4n) is 1.82. The van der Waals surface area contributed by atoms with Gasteiger partial charge in [-0.15, -0.1) is 0 Å². The van der Waals surface area contributed by atoms with E-state index in [1.165, 1.54) is 0 Å². The van der Waals surface area contributed by atoms with E-state index in [-0.39, 0.29) is 11.8 Å². The Morgan fingerprint density at radius 3 is 2.88 bits per heavy atom. The van der Waals surface area contributed by atoms with Gasteiger partial charge >= 0.3 is 0 Å². The molecule has 4 nitrogen and oxygen atoms in total. The molecule has 1 aromatic carbocycles. The van der Waals surface area contributed by atoms with E-state index in [1.807, 2.05) is 13.0 Å². The summed E-state index contributed by atoms with van der Waals surface area (Å²) in [5, 5.41) is 3.15. The van der Waals surface area contributed by atoms with Crippen molar-refractivity contribution in [2.24, 2.45) is 5.73 Å². The van der Waals surface area contributed by atoms with Gasteiger partial charge in [0.1, 0.15) is 0 Å². The van der Waals surface area contributed by atoms with E-state index in [0.717, 1.165) is 10.0 Å². The third kappa shape index (κ3) is 1.97. The number of fused-ring (bicyclic) bond motifs is 1. The van der Waals surface area contributed by atoms with Crippen LogP contribution in [0.15, 0.2) is 21.5 Å². The molecule has 2 rings (SSSR count). The molecule has 3 N–H and O–H groups in total. The zero-order chi connectivity index (χ0) is 11.9. The number of halogens is 1. The highest BCUT2D eigenvalue weighted by atomic mass is 79.9. The SMILES string of the molecule is Cc1cc(Br)c2c(c1)S(=O)(=O)CC(CN)N2. The van der Waals surface area contributed by atoms with Crippen molar-refractivity contribution in [3.8, 4) is 0 Å². The predicted octanol–water partition coefficient (Wildman–Crippen LogP) is 1.28. The molecule has 88 valence electrons. The molecule has 0 fully saturated rings. The molecule has 0 radical (unpaired) electrons. The van der Waals surface area contributed by atoms with Crippen LogP contribution in [0, 0.1) is 6.92 Å². The first-order valence-corrected chi connectivity index (χ1v) is 7.38. The van der Waals surface area contributed by atoms with Crippen LogP contribution in [0.4, 0.5) is 5.69 Å². The Labute approximate surface area is 103 Å². The van der Waals surface area contributed by atoms with E-state index < -0.39 is 9.84 Å². The molecule has 1 aliphatic heterocycles. The average molecular weight is 305 g/mol. The molecule has 1 aliphatic rings. The van der Waals surface area contributed by atoms with Gasteiger partial charge in [-0.1, -0.05) is 0 Å². The van der Waals surface area contributed by atoms with Crippen molar-refractivity contribution in [3.63, 3.8) is 0 Å². The summed E-state index contributed by atoms with van der Waals surface area (Å²) in [5.41, 5.74) is 7.07. The molecule has 0 spiro atoms. The number of anilines is 1. The van der Waals surface area contributed by atoms with E-state index in [4.69, 9.17) is 5.73 Å². The summed E-state index contributed by atoms with van der Waals surface area (Å²) >= 11 is 3.37. The topological polar surface area (TPSA) is 72.2 Å². The number of aryl methyl sites for hydroxylation is 1. The van der Waals surface area contributed by atoms with Crippen LogP contribution in [-0.2, 0) is 9.84 Å². The number of nitrogens with two attached hydrogens (primary N) is 1. The highest BCUT2D eigenvalue weighted by Crippen LogP contribution is 2.35. The third-order valence-electron chi connectivity index (χ3n) is 2.59. The number of sulfone groups is 1. The molecule has 1 aromatic rings. The lowest BCUT2D eigenvalue weighted by molar-refractivity contribution is 0.585. The molecular formula is C10H13BrN2O2S. The number of nitrogens with one attached hydrogen (secondary N) is 1. The minimum absolute atomic E-state index is 0.0619. The second-order valence-electron chi connectivity index (χ2n) is 3.98. The normalized spacial score (nSPS) is 22.3. The zero-order valence-corrected chi connectivity index (χ0v) is 11.2. The molecule has 0 bridgehead atoms. The molecule has 16 heavy (non-hydrogen) atoms. The van der Waals surface area contributed by atoms with Gasteiger partial charge in [0.05, 0.1) is 22.4 Å². The van der Waals surface area contributed by atoms with Crippen molar-refractivity contribution >= 4 is 31.5 Å². The van der Waals surface area contributed by atoms with Crippen LogP contribution in [0.2, 0.25) is 0 Å². The van der Waals surface area contributed by atoms with E-state index in [2.05, 4.69) is 21.2 Å². The molecular weight excluding hydrogens is 292 g/mol. The van der Waals surface area contributed by atoms with E-state index >= 15 is 0 Å². The summed E-state index contributed by atoms with van der Waals surface area (Å²) in [6.45, 7) is 2.18. The van der Waals surface area contributed by atoms with Gasteiger partial charge in [0.2, 0.25) is 0 Å². The van der Waals surface area contributed by atoms with Gasteiger partial charge in [0.15, 0.2) is 9.84 Å². The van der Waals surface area contributed by atoms with Crippen LogP contribution >= 0.6 is 15.9 Å². The zero-order valence-electron chi connectivity index (χ0n) is 8.83. The lowest BCUT2D eigenvalue weighted by Gasteiger charge is -2.27. The van der Waals surface area contributed by atoms with Gasteiger partial charge in [-0.05, 0) is 40.5 Å². The largest absolute Gasteiger partial charge is 0.378 e. The summed E-state index contributed by atoms with van der Waals surface area (Å²) in [7, 11) is -3.22. The lowest BCUT2D eigenvalue weighted by Crippen LogP contribution is -2.39. The molecule has 0 amide bonds. The van der Waals surface area contributed by atoms with Crippen molar-refractivity contribution in [2.75, 3.05) is 17.6 Å². The van der Waals surface area contributed by atoms with Crippen molar-refractivity contribution in [2.45, 2.75) is 17.9 Å². The maximum absolute atomic E-state index is 12.0. The average Bonchev–Trinajstić information content (AvgIpc) is 2.18. The van der Waals surface area contributed by atoms with Gasteiger partial charge in [-0.25, -0.2) is 8.42 Å². The third-order valence-corrected chi connectivity index (χ3v) is 5.05. The molecule has 1 unspecified atom stereocenters. The quantitative estimate of drug-likeness (QED) is 0.820. The molecule has 6 heteroatoms. The molecule has 1 atom stereocenters. The second-order valence-corrected chi connectivity index (χ2v) is 6.84. The lowest BCUT2D eigenvalue weighted by atomic mass is 10.2. The summed E-state index contributed by atoms with van der Waals surface area (Å²) in [6, 6.07) is 3.37. The van der Waals surface area contributed by atoms with Crippen LogP contribution in [0.5, 0.6) is 0 Å². The number of benzene rings is 1. The highest BCUT2D eigenvalue weighted by Gasteiger charge is 2.30. The van der Waals surface area contributed by atoms with E-state index in [0.29, 0.717) is 17.1 Å². The Bertz CT molecular complexity index is 528. The van der Waals surface area contributed by atoms with Gasteiger partial charge in [0, 0.05) is 11.0 Å². The number of hydrogen-bond acceptors (Lipinski definition) is 4. The minimum Gasteiger partial charge on any atom is -0.378 e. The summed E-state index contributed by atoms with van der Waals surface area (Å²) in [5.74, 6) is 0.0619. The number of rotatable bonds is 1. The van der Waals surface area contributed by atoms with Crippen molar-refractivity contribution in [3.05, 3.63) is 22.2 Å². The van der Waals surface area contributed by atoms with Gasteiger partial charge in [-0.3, -0.25) is 0 Å². The molecule has 1 heterocycles. The van der Waals surface area contributed by atoms with Gasteiger partial charge in [0.25, 0.3) is 0 Å². The van der Waals surface area contributed by atoms with E-state index in [1.54, 1.807) is 6.07 Å². The first-order chi connectivity index (χ1) is 7.44. The Morgan fingerprint density at radius 2 is 2.25 bits per heavy atom. The molecule has 0 aliphatic carbocycles. The fraction of sp³-hybridized carbons (Fsp3) is 0.400. The maximum Gasteiger partial charge on any atom is 0.182 e. The van der Waals surface area contributed by atoms with Crippen LogP contribution in [0.1, 0.15) is 5.56 Å². The highest BCUT2D eigenvalue weighted by molar-refractivity contribution is 9.10. The Balaban J connectivity index is 2.64. The van der Waals surface area contributed by atoms with Crippen LogP contribution < -0.4 is 11.1 Å². The monoisotopic (exact) mass is 304 g/mol. The minimum atomic E-state index is -3.22. The van der Waals surface area contributed by atoms with Crippen LogP contribution in [-0.4, -0.2) is 26.8 Å². The summed E-state index contributed by atoms with van der Waals surface area (Å²) in [4.78, 5) is 0.365. The maximum atomic E-state index is 12.0. The number of hydrogen-bond donors (Lipinski definition) is 2. The molecule has 0 aromatic heterocycles. The Hall–Kier alpha value is -0.590. The van der Waals surface area contributed by atoms with Gasteiger partial charge in [-0.2, -0.15) is 0 Å². The molecule has 0 saturated heterocycles. The van der Waals surface area contributed by atoms with Crippen molar-refractivity contribution < 1.29 is 8.42 Å². The first kappa shape index (κ1) is 11.9. The second kappa shape index (κ2) is 4.01. The van der Waals surface area contributed by atoms with E-state index in [9.17, 15) is 8.42 Å². The first-order valence-electron chi connectivity index (χ1n) is 4.93. The molecule has 0 saturated carbocycles. The summed E-state index contributed by atoms with van der Waals surface area (Å²) in [6.07, 6.45) is 0. The van der Waals surface area contributed by atoms with Crippen LogP contribution in [0.25, 0.3) is 0 Å². The van der Waals surface area contributed by atoms with Crippen molar-refractivity contribution in [1.82, 2.24) is 0 Å². The Morgan fingerprint density at radius 1 is 1.56 bits per heavy atom. The standard InChI is InChI=1S/C10H13BrN2O2S/c1-6-2-8(11)10-9(3-6)16(14,15)5-7(4-12)13-10/h2-3,7,13H,4-5,12H2,1H3. The smallest absolute Gasteiger partial charge is 0.182 e. The van der Waals surface area contributed by atoms with Crippen LogP contribution in [0.3, 0.4) is 0 Å². The van der Waals surface area contributed by atoms with Gasteiger partial charge < -0.3 is 11.1 Å². The fourth-order valence-corrected chi connectivity index (χ4v) is 4.42. The predicted molar refractivity (Wildman–Crippen MR) is 67.4 cm³/mol.